The van der Waals surface area contributed by atoms with Gasteiger partial charge in [-0.2, -0.15) is 0 Å². The number of benzene rings is 10. The molecule has 0 unspecified atom stereocenters. The van der Waals surface area contributed by atoms with Crippen LogP contribution in [0.15, 0.2) is 245 Å². The van der Waals surface area contributed by atoms with Gasteiger partial charge in [-0.15, -0.1) is 26.3 Å². The van der Waals surface area contributed by atoms with Gasteiger partial charge in [0.2, 0.25) is 0 Å². The number of aryl methyl sites for hydroxylation is 13. The SMILES string of the molecule is C=CCCCCCCC1(CCCCCCC=C)c2cc(C)ccc2-c2ccc(C)cc21.C=CCCc1ccc(C2(c3ccc(CCC=C)cc3)c3cc(C)ccc3-c3ccc(C)cc32)cc1.Cc1ccc2c(c1)C(CCCCCc1ccc3c(c1)CC3)(c1ccc3c(c1)CC3)c1cc(C)ccc1-2. The van der Waals surface area contributed by atoms with E-state index in [0.29, 0.717) is 0 Å². The summed E-state index contributed by atoms with van der Waals surface area (Å²) in [5.74, 6) is 0. The topological polar surface area (TPSA) is 0 Å². The number of hydrogen-bond acceptors (Lipinski definition) is 0. The maximum absolute atomic E-state index is 3.89. The molecule has 0 fully saturated rings. The van der Waals surface area contributed by atoms with Crippen LogP contribution in [0.5, 0.6) is 0 Å². The first-order valence-electron chi connectivity index (χ1n) is 39.3. The molecule has 0 heterocycles. The van der Waals surface area contributed by atoms with Gasteiger partial charge in [0, 0.05) is 10.8 Å². The second-order valence-corrected chi connectivity index (χ2v) is 31.2. The Morgan fingerprint density at radius 3 is 1.00 bits per heavy atom. The highest BCUT2D eigenvalue weighted by atomic mass is 14.5. The molecule has 15 rings (SSSR count). The molecule has 5 aliphatic carbocycles. The van der Waals surface area contributed by atoms with Gasteiger partial charge in [-0.3, -0.25) is 0 Å². The molecule has 102 heavy (non-hydrogen) atoms. The summed E-state index contributed by atoms with van der Waals surface area (Å²) in [6, 6.07) is 75.9. The van der Waals surface area contributed by atoms with Gasteiger partial charge < -0.3 is 0 Å². The molecule has 0 heteroatoms. The van der Waals surface area contributed by atoms with Crippen LogP contribution < -0.4 is 0 Å². The summed E-state index contributed by atoms with van der Waals surface area (Å²) in [7, 11) is 0. The fourth-order valence-electron chi connectivity index (χ4n) is 18.4. The summed E-state index contributed by atoms with van der Waals surface area (Å²) in [6.45, 7) is 29.0. The Hall–Kier alpha value is -8.84. The average Bonchev–Trinajstić information content (AvgIpc) is 1.53. The fourth-order valence-corrected chi connectivity index (χ4v) is 18.4. The first kappa shape index (κ1) is 71.6. The Morgan fingerprint density at radius 2 is 0.598 bits per heavy atom. The van der Waals surface area contributed by atoms with Crippen molar-refractivity contribution >= 4 is 0 Å². The van der Waals surface area contributed by atoms with Gasteiger partial charge in [-0.25, -0.2) is 0 Å². The lowest BCUT2D eigenvalue weighted by atomic mass is 9.67. The van der Waals surface area contributed by atoms with Crippen molar-refractivity contribution in [1.29, 1.82) is 0 Å². The van der Waals surface area contributed by atoms with E-state index >= 15 is 0 Å². The number of fused-ring (bicyclic) bond motifs is 11. The predicted molar refractivity (Wildman–Crippen MR) is 439 cm³/mol. The van der Waals surface area contributed by atoms with Crippen LogP contribution in [-0.2, 0) is 61.2 Å². The second kappa shape index (κ2) is 32.2. The molecule has 0 saturated heterocycles. The van der Waals surface area contributed by atoms with E-state index in [0.717, 1.165) is 38.5 Å². The summed E-state index contributed by atoms with van der Waals surface area (Å²) in [6.07, 6.45) is 38.8. The molecular weight excluding hydrogens is 1230 g/mol. The molecule has 0 aliphatic heterocycles. The van der Waals surface area contributed by atoms with Crippen molar-refractivity contribution in [3.8, 4) is 33.4 Å². The highest BCUT2D eigenvalue weighted by Gasteiger charge is 2.48. The van der Waals surface area contributed by atoms with Crippen molar-refractivity contribution in [3.63, 3.8) is 0 Å². The summed E-state index contributed by atoms with van der Waals surface area (Å²) < 4.78 is 0. The normalized spacial score (nSPS) is 14.3. The fraction of sp³-hybridized carbons (Fsp3) is 0.333. The van der Waals surface area contributed by atoms with Gasteiger partial charge in [0.15, 0.2) is 0 Å². The van der Waals surface area contributed by atoms with Gasteiger partial charge in [0.1, 0.15) is 0 Å². The van der Waals surface area contributed by atoms with E-state index in [1.165, 1.54) is 244 Å². The Balaban J connectivity index is 0.000000137. The van der Waals surface area contributed by atoms with Crippen LogP contribution in [0.2, 0.25) is 0 Å². The van der Waals surface area contributed by atoms with Crippen LogP contribution in [0.3, 0.4) is 0 Å². The maximum Gasteiger partial charge on any atom is 0.0713 e. The van der Waals surface area contributed by atoms with E-state index in [1.807, 2.05) is 12.2 Å². The minimum absolute atomic E-state index is 0.0387. The summed E-state index contributed by atoms with van der Waals surface area (Å²) in [5.41, 5.74) is 40.2. The molecule has 520 valence electrons. The number of hydrogen-bond donors (Lipinski definition) is 0. The summed E-state index contributed by atoms with van der Waals surface area (Å²) in [4.78, 5) is 0. The molecule has 0 saturated carbocycles. The largest absolute Gasteiger partial charge is 0.103 e. The Morgan fingerprint density at radius 1 is 0.265 bits per heavy atom. The highest BCUT2D eigenvalue weighted by Crippen LogP contribution is 2.59. The van der Waals surface area contributed by atoms with Crippen molar-refractivity contribution in [2.45, 2.75) is 218 Å². The van der Waals surface area contributed by atoms with Gasteiger partial charge in [0.25, 0.3) is 0 Å². The van der Waals surface area contributed by atoms with Crippen molar-refractivity contribution in [1.82, 2.24) is 0 Å². The minimum Gasteiger partial charge on any atom is -0.103 e. The zero-order valence-electron chi connectivity index (χ0n) is 62.8. The zero-order valence-corrected chi connectivity index (χ0v) is 62.8. The summed E-state index contributed by atoms with van der Waals surface area (Å²) in [5, 5.41) is 0. The molecule has 10 aromatic rings. The lowest BCUT2D eigenvalue weighted by Gasteiger charge is -2.35. The molecule has 0 aromatic heterocycles. The molecule has 0 radical (unpaired) electrons. The molecule has 0 amide bonds. The monoisotopic (exact) mass is 1340 g/mol. The second-order valence-electron chi connectivity index (χ2n) is 31.2. The van der Waals surface area contributed by atoms with E-state index in [4.69, 9.17) is 0 Å². The van der Waals surface area contributed by atoms with Crippen LogP contribution in [-0.4, -0.2) is 0 Å². The Kier molecular flexibility index (Phi) is 22.6. The number of rotatable bonds is 29. The van der Waals surface area contributed by atoms with Gasteiger partial charge in [-0.1, -0.05) is 303 Å². The van der Waals surface area contributed by atoms with E-state index < -0.39 is 0 Å². The van der Waals surface area contributed by atoms with Gasteiger partial charge in [0.05, 0.1) is 5.41 Å². The lowest BCUT2D eigenvalue weighted by molar-refractivity contribution is 0.399. The molecule has 10 aromatic carbocycles. The van der Waals surface area contributed by atoms with Crippen molar-refractivity contribution in [2.24, 2.45) is 0 Å². The molecule has 0 bridgehead atoms. The van der Waals surface area contributed by atoms with Crippen LogP contribution in [0.1, 0.15) is 238 Å². The molecule has 5 aliphatic rings. The van der Waals surface area contributed by atoms with Crippen LogP contribution >= 0.6 is 0 Å². The molecule has 0 atom stereocenters. The third-order valence-corrected chi connectivity index (χ3v) is 24.1. The quantitative estimate of drug-likeness (QED) is 0.0324. The first-order chi connectivity index (χ1) is 49.8. The Labute approximate surface area is 614 Å². The third-order valence-electron chi connectivity index (χ3n) is 24.1. The highest BCUT2D eigenvalue weighted by molar-refractivity contribution is 5.88. The molecular formula is C102H112. The number of allylic oxidation sites excluding steroid dienone is 4. The van der Waals surface area contributed by atoms with E-state index in [1.54, 1.807) is 33.4 Å². The molecule has 0 N–H and O–H groups in total. The molecule has 0 spiro atoms. The lowest BCUT2D eigenvalue weighted by Crippen LogP contribution is -2.29. The predicted octanol–water partition coefficient (Wildman–Crippen LogP) is 27.1. The Bertz CT molecular complexity index is 4410. The van der Waals surface area contributed by atoms with Crippen LogP contribution in [0.25, 0.3) is 33.4 Å². The minimum atomic E-state index is -0.337. The van der Waals surface area contributed by atoms with E-state index in [-0.39, 0.29) is 16.2 Å². The van der Waals surface area contributed by atoms with Gasteiger partial charge >= 0.3 is 0 Å². The van der Waals surface area contributed by atoms with E-state index in [2.05, 4.69) is 274 Å². The standard InChI is InChI=1S/C36H36.C35H34.C31H42/c1-24-7-17-32-33-18-8-25(2)21-35(33)36(34(32)20-24,31-16-15-28-12-14-30(28)23-31)19-5-3-4-6-26-9-10-27-11-13-29(27)22-26;1-5-7-9-27-13-17-29(18-14-27)35(30-19-15-28(16-20-30)10-8-6-2)33-23-25(3)11-21-31(33)32-22-12-26(4)24-34(32)35;1-5-7-9-11-13-15-21-31(22-16-14-12-10-8-6-2)29-23-25(3)17-19-27(29)28-20-18-26(4)24-30(28)31/h7-10,15-18,20-23H,3-6,11-14,19H2,1-2H3;5-6,11-24H,1-2,7-10H2,3-4H3;5-6,17-20,23-24H,1-2,7-16,21-22H2,3-4H3. The van der Waals surface area contributed by atoms with Crippen LogP contribution in [0, 0.1) is 41.5 Å². The van der Waals surface area contributed by atoms with Crippen molar-refractivity contribution < 1.29 is 0 Å². The zero-order chi connectivity index (χ0) is 70.8. The number of unbranched alkanes of at least 4 members (excludes halogenated alkanes) is 10. The van der Waals surface area contributed by atoms with Crippen molar-refractivity contribution in [2.75, 3.05) is 0 Å². The third kappa shape index (κ3) is 14.5. The molecule has 0 nitrogen and oxygen atoms in total. The first-order valence-corrected chi connectivity index (χ1v) is 39.3. The van der Waals surface area contributed by atoms with E-state index in [9.17, 15) is 0 Å². The van der Waals surface area contributed by atoms with Crippen molar-refractivity contribution in [3.05, 3.63) is 367 Å². The smallest absolute Gasteiger partial charge is 0.0713 e. The summed E-state index contributed by atoms with van der Waals surface area (Å²) >= 11 is 0. The average molecular weight is 1340 g/mol. The maximum atomic E-state index is 3.89. The van der Waals surface area contributed by atoms with Crippen LogP contribution in [0.4, 0.5) is 0 Å². The van der Waals surface area contributed by atoms with Gasteiger partial charge in [-0.05, 0) is 273 Å².